The van der Waals surface area contributed by atoms with Crippen LogP contribution in [-0.4, -0.2) is 19.2 Å². The van der Waals surface area contributed by atoms with E-state index in [1.165, 1.54) is 25.1 Å². The lowest BCUT2D eigenvalue weighted by molar-refractivity contribution is -0.173. The number of carbonyl (C=O) groups excluding carboxylic acids is 1. The zero-order valence-corrected chi connectivity index (χ0v) is 10.0. The molecule has 0 aromatic heterocycles. The van der Waals surface area contributed by atoms with Crippen LogP contribution >= 0.6 is 0 Å². The number of aryl methyl sites for hydroxylation is 1. The van der Waals surface area contributed by atoms with Gasteiger partial charge in [-0.15, -0.1) is 0 Å². The summed E-state index contributed by atoms with van der Waals surface area (Å²) >= 11 is 0. The molecule has 1 aliphatic rings. The summed E-state index contributed by atoms with van der Waals surface area (Å²) < 4.78 is 37.3. The molecular formula is C13H14F2O3. The van der Waals surface area contributed by atoms with Crippen molar-refractivity contribution in [3.8, 4) is 5.75 Å². The van der Waals surface area contributed by atoms with Gasteiger partial charge in [0.1, 0.15) is 5.75 Å². The van der Waals surface area contributed by atoms with Gasteiger partial charge in [0.05, 0.1) is 13.2 Å². The molecule has 0 atom stereocenters. The Hall–Kier alpha value is -1.65. The molecule has 1 aliphatic heterocycles. The number of ether oxygens (including phenoxy) is 2. The summed E-state index contributed by atoms with van der Waals surface area (Å²) in [6.45, 7) is 2.03. The lowest BCUT2D eigenvalue weighted by Gasteiger charge is -2.20. The Bertz CT molecular complexity index is 458. The van der Waals surface area contributed by atoms with E-state index < -0.39 is 11.9 Å². The first kappa shape index (κ1) is 12.8. The van der Waals surface area contributed by atoms with E-state index in [-0.39, 0.29) is 12.2 Å². The third kappa shape index (κ3) is 2.30. The molecule has 1 aromatic carbocycles. The van der Waals surface area contributed by atoms with E-state index >= 15 is 0 Å². The SMILES string of the molecule is CCOC(=O)C(F)(F)c1ccc2c(c1)CCCO2. The molecule has 0 radical (unpaired) electrons. The smallest absolute Gasteiger partial charge is 0.381 e. The molecule has 0 unspecified atom stereocenters. The van der Waals surface area contributed by atoms with Gasteiger partial charge >= 0.3 is 11.9 Å². The van der Waals surface area contributed by atoms with Crippen molar-refractivity contribution in [2.45, 2.75) is 25.7 Å². The number of fused-ring (bicyclic) bond motifs is 1. The number of hydrogen-bond donors (Lipinski definition) is 0. The molecule has 1 heterocycles. The molecule has 2 rings (SSSR count). The van der Waals surface area contributed by atoms with Crippen LogP contribution in [0, 0.1) is 0 Å². The summed E-state index contributed by atoms with van der Waals surface area (Å²) in [6.07, 6.45) is 1.48. The van der Waals surface area contributed by atoms with Crippen LogP contribution in [0.2, 0.25) is 0 Å². The van der Waals surface area contributed by atoms with Crippen LogP contribution in [0.5, 0.6) is 5.75 Å². The summed E-state index contributed by atoms with van der Waals surface area (Å²) in [5.74, 6) is -4.51. The second-order valence-electron chi connectivity index (χ2n) is 4.07. The zero-order valence-electron chi connectivity index (χ0n) is 10.0. The van der Waals surface area contributed by atoms with E-state index in [2.05, 4.69) is 4.74 Å². The lowest BCUT2D eigenvalue weighted by atomic mass is 10.00. The van der Waals surface area contributed by atoms with Crippen LogP contribution in [0.1, 0.15) is 24.5 Å². The van der Waals surface area contributed by atoms with Gasteiger partial charge in [0, 0.05) is 5.56 Å². The number of halogens is 2. The summed E-state index contributed by atoms with van der Waals surface area (Å²) in [4.78, 5) is 11.2. The Morgan fingerprint density at radius 3 is 3.00 bits per heavy atom. The van der Waals surface area contributed by atoms with Crippen LogP contribution in [0.4, 0.5) is 8.78 Å². The van der Waals surface area contributed by atoms with Gasteiger partial charge in [-0.1, -0.05) is 0 Å². The van der Waals surface area contributed by atoms with Crippen molar-refractivity contribution < 1.29 is 23.0 Å². The van der Waals surface area contributed by atoms with Gasteiger partial charge in [-0.2, -0.15) is 8.78 Å². The quantitative estimate of drug-likeness (QED) is 0.780. The Morgan fingerprint density at radius 1 is 1.50 bits per heavy atom. The number of alkyl halides is 2. The molecule has 1 aromatic rings. The van der Waals surface area contributed by atoms with Crippen molar-refractivity contribution in [1.82, 2.24) is 0 Å². The maximum Gasteiger partial charge on any atom is 0.381 e. The average Bonchev–Trinajstić information content (AvgIpc) is 2.38. The van der Waals surface area contributed by atoms with Crippen molar-refractivity contribution in [3.63, 3.8) is 0 Å². The van der Waals surface area contributed by atoms with Crippen LogP contribution in [0.15, 0.2) is 18.2 Å². The van der Waals surface area contributed by atoms with Crippen LogP contribution in [0.3, 0.4) is 0 Å². The van der Waals surface area contributed by atoms with Gasteiger partial charge in [0.2, 0.25) is 0 Å². The second-order valence-corrected chi connectivity index (χ2v) is 4.07. The molecule has 0 fully saturated rings. The highest BCUT2D eigenvalue weighted by atomic mass is 19.3. The number of esters is 1. The van der Waals surface area contributed by atoms with Crippen molar-refractivity contribution in [2.75, 3.05) is 13.2 Å². The maximum absolute atomic E-state index is 13.8. The van der Waals surface area contributed by atoms with Crippen LogP contribution in [0.25, 0.3) is 0 Å². The number of hydrogen-bond acceptors (Lipinski definition) is 3. The van der Waals surface area contributed by atoms with Gasteiger partial charge in [0.15, 0.2) is 0 Å². The molecule has 0 spiro atoms. The topological polar surface area (TPSA) is 35.5 Å². The van der Waals surface area contributed by atoms with Gasteiger partial charge in [-0.05, 0) is 43.5 Å². The monoisotopic (exact) mass is 256 g/mol. The highest BCUT2D eigenvalue weighted by Gasteiger charge is 2.43. The molecule has 0 saturated heterocycles. The second kappa shape index (κ2) is 4.92. The van der Waals surface area contributed by atoms with E-state index in [1.807, 2.05) is 0 Å². The van der Waals surface area contributed by atoms with Gasteiger partial charge < -0.3 is 9.47 Å². The van der Waals surface area contributed by atoms with E-state index in [4.69, 9.17) is 4.74 Å². The van der Waals surface area contributed by atoms with Gasteiger partial charge in [-0.25, -0.2) is 4.79 Å². The summed E-state index contributed by atoms with van der Waals surface area (Å²) in [7, 11) is 0. The minimum Gasteiger partial charge on any atom is -0.493 e. The third-order valence-corrected chi connectivity index (χ3v) is 2.80. The number of rotatable bonds is 3. The van der Waals surface area contributed by atoms with Crippen LogP contribution < -0.4 is 4.74 Å². The summed E-state index contributed by atoms with van der Waals surface area (Å²) in [5.41, 5.74) is 0.368. The average molecular weight is 256 g/mol. The third-order valence-electron chi connectivity index (χ3n) is 2.80. The van der Waals surface area contributed by atoms with Gasteiger partial charge in [-0.3, -0.25) is 0 Å². The minimum absolute atomic E-state index is 0.0670. The number of carbonyl (C=O) groups is 1. The number of benzene rings is 1. The molecule has 0 bridgehead atoms. The largest absolute Gasteiger partial charge is 0.493 e. The van der Waals surface area contributed by atoms with Crippen molar-refractivity contribution in [2.24, 2.45) is 0 Å². The first-order chi connectivity index (χ1) is 8.55. The Kier molecular flexibility index (Phi) is 3.50. The summed E-state index contributed by atoms with van der Waals surface area (Å²) in [5, 5.41) is 0. The highest BCUT2D eigenvalue weighted by Crippen LogP contribution is 2.34. The fourth-order valence-corrected chi connectivity index (χ4v) is 1.90. The summed E-state index contributed by atoms with van der Waals surface area (Å²) in [6, 6.07) is 4.02. The van der Waals surface area contributed by atoms with E-state index in [9.17, 15) is 13.6 Å². The van der Waals surface area contributed by atoms with Crippen LogP contribution in [-0.2, 0) is 21.9 Å². The molecule has 0 saturated carbocycles. The highest BCUT2D eigenvalue weighted by molar-refractivity contribution is 5.79. The molecule has 98 valence electrons. The van der Waals surface area contributed by atoms with E-state index in [1.54, 1.807) is 0 Å². The normalized spacial score (nSPS) is 14.6. The first-order valence-electron chi connectivity index (χ1n) is 5.87. The molecule has 3 nitrogen and oxygen atoms in total. The molecule has 18 heavy (non-hydrogen) atoms. The minimum atomic E-state index is -3.61. The first-order valence-corrected chi connectivity index (χ1v) is 5.87. The molecule has 0 N–H and O–H groups in total. The standard InChI is InChI=1S/C13H14F2O3/c1-2-17-12(16)13(14,15)10-5-6-11-9(8-10)4-3-7-18-11/h5-6,8H,2-4,7H2,1H3. The Labute approximate surface area is 104 Å². The lowest BCUT2D eigenvalue weighted by Crippen LogP contribution is -2.28. The Balaban J connectivity index is 2.30. The van der Waals surface area contributed by atoms with Crippen molar-refractivity contribution >= 4 is 5.97 Å². The van der Waals surface area contributed by atoms with Crippen molar-refractivity contribution in [1.29, 1.82) is 0 Å². The zero-order chi connectivity index (χ0) is 13.2. The molecule has 0 amide bonds. The predicted molar refractivity (Wildman–Crippen MR) is 60.8 cm³/mol. The fraction of sp³-hybridized carbons (Fsp3) is 0.462. The van der Waals surface area contributed by atoms with E-state index in [0.29, 0.717) is 24.3 Å². The molecule has 0 aliphatic carbocycles. The predicted octanol–water partition coefficient (Wildman–Crippen LogP) is 2.67. The Morgan fingerprint density at radius 2 is 2.28 bits per heavy atom. The molecule has 5 heteroatoms. The fourth-order valence-electron chi connectivity index (χ4n) is 1.90. The van der Waals surface area contributed by atoms with E-state index in [0.717, 1.165) is 6.42 Å². The van der Waals surface area contributed by atoms with Gasteiger partial charge in [0.25, 0.3) is 0 Å². The van der Waals surface area contributed by atoms with Crippen molar-refractivity contribution in [3.05, 3.63) is 29.3 Å². The molecular weight excluding hydrogens is 242 g/mol. The maximum atomic E-state index is 13.8.